The maximum atomic E-state index is 12.8. The molecule has 4 nitrogen and oxygen atoms in total. The Morgan fingerprint density at radius 1 is 1.07 bits per heavy atom. The lowest BCUT2D eigenvalue weighted by molar-refractivity contribution is 0.0926. The summed E-state index contributed by atoms with van der Waals surface area (Å²) < 4.78 is 5.92. The van der Waals surface area contributed by atoms with Gasteiger partial charge in [0.05, 0.1) is 6.04 Å². The molecule has 0 saturated heterocycles. The Bertz CT molecular complexity index is 1080. The lowest BCUT2D eigenvalue weighted by atomic mass is 10.0. The van der Waals surface area contributed by atoms with E-state index in [-0.39, 0.29) is 11.9 Å². The van der Waals surface area contributed by atoms with Gasteiger partial charge in [-0.3, -0.25) is 4.79 Å². The third-order valence-electron chi connectivity index (χ3n) is 4.97. The zero-order valence-electron chi connectivity index (χ0n) is 16.6. The first-order valence-corrected chi connectivity index (χ1v) is 10.8. The van der Waals surface area contributed by atoms with Crippen molar-refractivity contribution in [1.82, 2.24) is 10.3 Å². The molecule has 5 heteroatoms. The molecule has 2 aromatic heterocycles. The van der Waals surface area contributed by atoms with E-state index < -0.39 is 0 Å². The second kappa shape index (κ2) is 8.62. The molecular weight excluding hydrogens is 380 g/mol. The van der Waals surface area contributed by atoms with E-state index >= 15 is 0 Å². The van der Waals surface area contributed by atoms with Gasteiger partial charge in [0.2, 0.25) is 0 Å². The molecule has 1 N–H and O–H groups in total. The Hall–Kier alpha value is -2.92. The number of oxazole rings is 1. The van der Waals surface area contributed by atoms with Gasteiger partial charge in [0.15, 0.2) is 11.5 Å². The topological polar surface area (TPSA) is 55.1 Å². The van der Waals surface area contributed by atoms with Gasteiger partial charge in [-0.1, -0.05) is 50.2 Å². The van der Waals surface area contributed by atoms with E-state index in [0.717, 1.165) is 23.2 Å². The van der Waals surface area contributed by atoms with E-state index in [2.05, 4.69) is 42.3 Å². The SMILES string of the molecule is CC(C)C(NC(=O)c1ccc2nc(CCc3ccccc3)oc2c1)c1cccs1. The maximum absolute atomic E-state index is 12.8. The average molecular weight is 405 g/mol. The number of hydrogen-bond donors (Lipinski definition) is 1. The summed E-state index contributed by atoms with van der Waals surface area (Å²) in [6, 6.07) is 19.8. The number of rotatable bonds is 7. The predicted molar refractivity (Wildman–Crippen MR) is 117 cm³/mol. The summed E-state index contributed by atoms with van der Waals surface area (Å²) in [5.41, 5.74) is 3.27. The zero-order chi connectivity index (χ0) is 20.2. The van der Waals surface area contributed by atoms with Crippen molar-refractivity contribution in [3.05, 3.63) is 87.9 Å². The Morgan fingerprint density at radius 3 is 2.62 bits per heavy atom. The summed E-state index contributed by atoms with van der Waals surface area (Å²) >= 11 is 1.66. The molecule has 1 atom stereocenters. The van der Waals surface area contributed by atoms with Crippen LogP contribution in [0.5, 0.6) is 0 Å². The Morgan fingerprint density at radius 2 is 1.90 bits per heavy atom. The first-order valence-electron chi connectivity index (χ1n) is 9.88. The van der Waals surface area contributed by atoms with E-state index in [9.17, 15) is 4.79 Å². The van der Waals surface area contributed by atoms with Gasteiger partial charge in [0.25, 0.3) is 5.91 Å². The van der Waals surface area contributed by atoms with Crippen LogP contribution in [0.4, 0.5) is 0 Å². The molecule has 29 heavy (non-hydrogen) atoms. The van der Waals surface area contributed by atoms with Crippen LogP contribution >= 0.6 is 11.3 Å². The van der Waals surface area contributed by atoms with Crippen LogP contribution < -0.4 is 5.32 Å². The van der Waals surface area contributed by atoms with Gasteiger partial charge < -0.3 is 9.73 Å². The number of aromatic nitrogens is 1. The molecule has 0 bridgehead atoms. The van der Waals surface area contributed by atoms with Crippen LogP contribution in [0, 0.1) is 5.92 Å². The van der Waals surface area contributed by atoms with E-state index in [1.807, 2.05) is 41.8 Å². The van der Waals surface area contributed by atoms with E-state index in [0.29, 0.717) is 23.0 Å². The van der Waals surface area contributed by atoms with Crippen molar-refractivity contribution in [2.24, 2.45) is 5.92 Å². The molecule has 0 spiro atoms. The molecule has 0 aliphatic rings. The predicted octanol–water partition coefficient (Wildman–Crippen LogP) is 5.80. The van der Waals surface area contributed by atoms with Crippen LogP contribution in [0.1, 0.15) is 46.6 Å². The number of aryl methyl sites for hydroxylation is 2. The molecule has 2 heterocycles. The molecule has 0 radical (unpaired) electrons. The van der Waals surface area contributed by atoms with Crippen molar-refractivity contribution >= 4 is 28.3 Å². The molecule has 0 fully saturated rings. The number of thiophene rings is 1. The first-order chi connectivity index (χ1) is 14.1. The molecule has 4 rings (SSSR count). The monoisotopic (exact) mass is 404 g/mol. The number of nitrogens with one attached hydrogen (secondary N) is 1. The summed E-state index contributed by atoms with van der Waals surface area (Å²) in [5.74, 6) is 0.900. The van der Waals surface area contributed by atoms with Crippen molar-refractivity contribution in [2.45, 2.75) is 32.7 Å². The number of carbonyl (C=O) groups is 1. The lowest BCUT2D eigenvalue weighted by Crippen LogP contribution is -2.31. The van der Waals surface area contributed by atoms with Gasteiger partial charge in [-0.2, -0.15) is 0 Å². The van der Waals surface area contributed by atoms with Gasteiger partial charge >= 0.3 is 0 Å². The van der Waals surface area contributed by atoms with Crippen molar-refractivity contribution in [3.8, 4) is 0 Å². The number of nitrogens with zero attached hydrogens (tertiary/aromatic N) is 1. The minimum absolute atomic E-state index is 0.00523. The number of hydrogen-bond acceptors (Lipinski definition) is 4. The number of fused-ring (bicyclic) bond motifs is 1. The van der Waals surface area contributed by atoms with Crippen molar-refractivity contribution in [3.63, 3.8) is 0 Å². The second-order valence-electron chi connectivity index (χ2n) is 7.49. The van der Waals surface area contributed by atoms with Crippen molar-refractivity contribution in [2.75, 3.05) is 0 Å². The Balaban J connectivity index is 1.48. The molecule has 4 aromatic rings. The molecule has 2 aromatic carbocycles. The van der Waals surface area contributed by atoms with Crippen LogP contribution in [-0.4, -0.2) is 10.9 Å². The van der Waals surface area contributed by atoms with Crippen LogP contribution in [0.15, 0.2) is 70.5 Å². The molecule has 0 aliphatic carbocycles. The third-order valence-corrected chi connectivity index (χ3v) is 5.92. The minimum atomic E-state index is -0.0961. The normalized spacial score (nSPS) is 12.4. The number of carbonyl (C=O) groups excluding carboxylic acids is 1. The largest absolute Gasteiger partial charge is 0.441 e. The van der Waals surface area contributed by atoms with Gasteiger partial charge in [-0.15, -0.1) is 11.3 Å². The van der Waals surface area contributed by atoms with Crippen molar-refractivity contribution < 1.29 is 9.21 Å². The Labute approximate surface area is 174 Å². The highest BCUT2D eigenvalue weighted by molar-refractivity contribution is 7.10. The van der Waals surface area contributed by atoms with Crippen LogP contribution in [0.2, 0.25) is 0 Å². The minimum Gasteiger partial charge on any atom is -0.441 e. The van der Waals surface area contributed by atoms with Gasteiger partial charge in [-0.25, -0.2) is 4.98 Å². The number of benzene rings is 2. The smallest absolute Gasteiger partial charge is 0.251 e. The molecule has 148 valence electrons. The van der Waals surface area contributed by atoms with Gasteiger partial charge in [0, 0.05) is 16.9 Å². The summed E-state index contributed by atoms with van der Waals surface area (Å²) in [7, 11) is 0. The van der Waals surface area contributed by atoms with Crippen LogP contribution in [0.3, 0.4) is 0 Å². The standard InChI is InChI=1S/C24H24N2O2S/c1-16(2)23(21-9-6-14-29-21)26-24(27)18-11-12-19-20(15-18)28-22(25-19)13-10-17-7-4-3-5-8-17/h3-9,11-12,14-16,23H,10,13H2,1-2H3,(H,26,27). The number of amides is 1. The summed E-state index contributed by atoms with van der Waals surface area (Å²) in [4.78, 5) is 18.6. The van der Waals surface area contributed by atoms with Gasteiger partial charge in [0.1, 0.15) is 5.52 Å². The Kier molecular flexibility index (Phi) is 5.76. The third kappa shape index (κ3) is 4.57. The fraction of sp³-hybridized carbons (Fsp3) is 0.250. The summed E-state index contributed by atoms with van der Waals surface area (Å²) in [6.07, 6.45) is 1.60. The average Bonchev–Trinajstić information content (AvgIpc) is 3.39. The second-order valence-corrected chi connectivity index (χ2v) is 8.47. The molecule has 1 amide bonds. The molecule has 1 unspecified atom stereocenters. The highest BCUT2D eigenvalue weighted by atomic mass is 32.1. The van der Waals surface area contributed by atoms with E-state index in [4.69, 9.17) is 4.42 Å². The molecular formula is C24H24N2O2S. The summed E-state index contributed by atoms with van der Waals surface area (Å²) in [6.45, 7) is 4.23. The van der Waals surface area contributed by atoms with E-state index in [1.54, 1.807) is 17.4 Å². The summed E-state index contributed by atoms with van der Waals surface area (Å²) in [5, 5.41) is 5.20. The van der Waals surface area contributed by atoms with Crippen molar-refractivity contribution in [1.29, 1.82) is 0 Å². The van der Waals surface area contributed by atoms with E-state index in [1.165, 1.54) is 5.56 Å². The lowest BCUT2D eigenvalue weighted by Gasteiger charge is -2.21. The van der Waals surface area contributed by atoms with Gasteiger partial charge in [-0.05, 0) is 47.5 Å². The quantitative estimate of drug-likeness (QED) is 0.423. The zero-order valence-corrected chi connectivity index (χ0v) is 17.4. The maximum Gasteiger partial charge on any atom is 0.251 e. The first kappa shape index (κ1) is 19.4. The fourth-order valence-corrected chi connectivity index (χ4v) is 4.32. The fourth-order valence-electron chi connectivity index (χ4n) is 3.38. The molecule has 0 saturated carbocycles. The highest BCUT2D eigenvalue weighted by Crippen LogP contribution is 2.26. The highest BCUT2D eigenvalue weighted by Gasteiger charge is 2.20. The molecule has 0 aliphatic heterocycles. The van der Waals surface area contributed by atoms with Crippen LogP contribution in [0.25, 0.3) is 11.1 Å². The van der Waals surface area contributed by atoms with Crippen LogP contribution in [-0.2, 0) is 12.8 Å².